The lowest BCUT2D eigenvalue weighted by Crippen LogP contribution is -2.02. The molecule has 0 nitrogen and oxygen atoms in total. The van der Waals surface area contributed by atoms with Gasteiger partial charge >= 0.3 is 0 Å². The zero-order valence-corrected chi connectivity index (χ0v) is 16.3. The number of halogens is 2. The molecule has 0 radical (unpaired) electrons. The largest absolute Gasteiger partial charge is 0.207 e. The molecule has 0 aliphatic rings. The van der Waals surface area contributed by atoms with Crippen molar-refractivity contribution in [3.63, 3.8) is 0 Å². The number of rotatable bonds is 6. The van der Waals surface area contributed by atoms with E-state index in [9.17, 15) is 8.78 Å². The fourth-order valence-electron chi connectivity index (χ4n) is 3.53. The van der Waals surface area contributed by atoms with Gasteiger partial charge in [0.1, 0.15) is 11.6 Å². The summed E-state index contributed by atoms with van der Waals surface area (Å²) in [6.07, 6.45) is 2.87. The maximum absolute atomic E-state index is 14.6. The van der Waals surface area contributed by atoms with Gasteiger partial charge in [-0.3, -0.25) is 0 Å². The van der Waals surface area contributed by atoms with E-state index in [2.05, 4.69) is 13.0 Å². The molecule has 0 saturated heterocycles. The Morgan fingerprint density at radius 3 is 2.04 bits per heavy atom. The Hall–Kier alpha value is -2.48. The van der Waals surface area contributed by atoms with Crippen LogP contribution in [0.1, 0.15) is 41.2 Å². The van der Waals surface area contributed by atoms with E-state index in [0.717, 1.165) is 35.1 Å². The molecule has 0 aromatic heterocycles. The van der Waals surface area contributed by atoms with Crippen molar-refractivity contribution >= 4 is 0 Å². The number of aryl methyl sites for hydroxylation is 4. The number of benzene rings is 3. The van der Waals surface area contributed by atoms with Crippen LogP contribution in [-0.4, -0.2) is 0 Å². The smallest absolute Gasteiger partial charge is 0.127 e. The van der Waals surface area contributed by atoms with Crippen LogP contribution in [0.3, 0.4) is 0 Å². The minimum atomic E-state index is -0.228. The molecular formula is C25H26F2. The quantitative estimate of drug-likeness (QED) is 0.442. The first kappa shape index (κ1) is 19.3. The predicted molar refractivity (Wildman–Crippen MR) is 109 cm³/mol. The normalized spacial score (nSPS) is 11.0. The van der Waals surface area contributed by atoms with E-state index in [0.29, 0.717) is 24.0 Å². The molecule has 0 amide bonds. The van der Waals surface area contributed by atoms with E-state index in [4.69, 9.17) is 0 Å². The Balaban J connectivity index is 1.76. The van der Waals surface area contributed by atoms with Gasteiger partial charge < -0.3 is 0 Å². The van der Waals surface area contributed by atoms with E-state index in [1.165, 1.54) is 5.56 Å². The third-order valence-electron chi connectivity index (χ3n) is 5.10. The van der Waals surface area contributed by atoms with Gasteiger partial charge in [0, 0.05) is 0 Å². The molecule has 0 fully saturated rings. The first-order valence-electron chi connectivity index (χ1n) is 9.61. The van der Waals surface area contributed by atoms with Crippen LogP contribution in [0.25, 0.3) is 11.1 Å². The molecule has 0 N–H and O–H groups in total. The van der Waals surface area contributed by atoms with E-state index in [1.54, 1.807) is 12.1 Å². The van der Waals surface area contributed by atoms with Gasteiger partial charge in [-0.25, -0.2) is 8.78 Å². The molecule has 0 aliphatic heterocycles. The molecule has 2 heteroatoms. The van der Waals surface area contributed by atoms with Gasteiger partial charge in [-0.2, -0.15) is 0 Å². The highest BCUT2D eigenvalue weighted by molar-refractivity contribution is 5.64. The number of hydrogen-bond acceptors (Lipinski definition) is 0. The standard InChI is InChI=1S/C25H26F2/c1-4-5-19-14-18(3)23(25(27)15-19)13-12-21-10-11-22(16-24(21)26)20-8-6-17(2)7-9-20/h6-11,14-16H,4-5,12-13H2,1-3H3. The highest BCUT2D eigenvalue weighted by atomic mass is 19.1. The average molecular weight is 364 g/mol. The summed E-state index contributed by atoms with van der Waals surface area (Å²) in [6.45, 7) is 6.06. The molecule has 0 saturated carbocycles. The van der Waals surface area contributed by atoms with Crippen molar-refractivity contribution in [1.82, 2.24) is 0 Å². The molecule has 140 valence electrons. The lowest BCUT2D eigenvalue weighted by molar-refractivity contribution is 0.592. The topological polar surface area (TPSA) is 0 Å². The van der Waals surface area contributed by atoms with Gasteiger partial charge in [0.05, 0.1) is 0 Å². The van der Waals surface area contributed by atoms with Gasteiger partial charge in [0.25, 0.3) is 0 Å². The van der Waals surface area contributed by atoms with E-state index in [-0.39, 0.29) is 11.6 Å². The second-order valence-corrected chi connectivity index (χ2v) is 7.30. The highest BCUT2D eigenvalue weighted by Gasteiger charge is 2.11. The minimum absolute atomic E-state index is 0.171. The summed E-state index contributed by atoms with van der Waals surface area (Å²) in [5.41, 5.74) is 6.35. The second kappa shape index (κ2) is 8.47. The van der Waals surface area contributed by atoms with Crippen LogP contribution >= 0.6 is 0 Å². The summed E-state index contributed by atoms with van der Waals surface area (Å²) in [4.78, 5) is 0. The Morgan fingerprint density at radius 1 is 0.704 bits per heavy atom. The second-order valence-electron chi connectivity index (χ2n) is 7.30. The average Bonchev–Trinajstić information content (AvgIpc) is 2.63. The van der Waals surface area contributed by atoms with Crippen molar-refractivity contribution in [2.75, 3.05) is 0 Å². The summed E-state index contributed by atoms with van der Waals surface area (Å²) in [5.74, 6) is -0.399. The lowest BCUT2D eigenvalue weighted by Gasteiger charge is -2.11. The van der Waals surface area contributed by atoms with Gasteiger partial charge in [0.2, 0.25) is 0 Å². The number of hydrogen-bond donors (Lipinski definition) is 0. The third-order valence-corrected chi connectivity index (χ3v) is 5.10. The van der Waals surface area contributed by atoms with Crippen molar-refractivity contribution in [3.05, 3.63) is 94.0 Å². The molecule has 0 atom stereocenters. The highest BCUT2D eigenvalue weighted by Crippen LogP contribution is 2.24. The van der Waals surface area contributed by atoms with Gasteiger partial charge in [-0.05, 0) is 78.6 Å². The van der Waals surface area contributed by atoms with Gasteiger partial charge in [0.15, 0.2) is 0 Å². The van der Waals surface area contributed by atoms with Crippen molar-refractivity contribution in [3.8, 4) is 11.1 Å². The van der Waals surface area contributed by atoms with Crippen molar-refractivity contribution in [2.24, 2.45) is 0 Å². The SMILES string of the molecule is CCCc1cc(C)c(CCc2ccc(-c3ccc(C)cc3)cc2F)c(F)c1. The van der Waals surface area contributed by atoms with Crippen LogP contribution in [0.2, 0.25) is 0 Å². The van der Waals surface area contributed by atoms with Gasteiger partial charge in [-0.15, -0.1) is 0 Å². The fourth-order valence-corrected chi connectivity index (χ4v) is 3.53. The molecule has 0 aliphatic carbocycles. The molecule has 3 aromatic carbocycles. The van der Waals surface area contributed by atoms with Crippen LogP contribution in [0.4, 0.5) is 8.78 Å². The zero-order chi connectivity index (χ0) is 19.4. The first-order valence-corrected chi connectivity index (χ1v) is 9.61. The van der Waals surface area contributed by atoms with Crippen LogP contribution in [0.15, 0.2) is 54.6 Å². The lowest BCUT2D eigenvalue weighted by atomic mass is 9.95. The maximum Gasteiger partial charge on any atom is 0.127 e. The van der Waals surface area contributed by atoms with Crippen LogP contribution in [-0.2, 0) is 19.3 Å². The van der Waals surface area contributed by atoms with Crippen molar-refractivity contribution < 1.29 is 8.78 Å². The molecule has 0 bridgehead atoms. The summed E-state index contributed by atoms with van der Waals surface area (Å²) in [5, 5.41) is 0. The summed E-state index contributed by atoms with van der Waals surface area (Å²) in [7, 11) is 0. The van der Waals surface area contributed by atoms with Crippen LogP contribution in [0, 0.1) is 25.5 Å². The minimum Gasteiger partial charge on any atom is -0.207 e. The fraction of sp³-hybridized carbons (Fsp3) is 0.280. The Morgan fingerprint density at radius 2 is 1.41 bits per heavy atom. The molecular weight excluding hydrogens is 338 g/mol. The first-order chi connectivity index (χ1) is 13.0. The molecule has 0 spiro atoms. The molecule has 3 aromatic rings. The monoisotopic (exact) mass is 364 g/mol. The molecule has 3 rings (SSSR count). The molecule has 0 unspecified atom stereocenters. The van der Waals surface area contributed by atoms with E-state index < -0.39 is 0 Å². The summed E-state index contributed by atoms with van der Waals surface area (Å²) >= 11 is 0. The Bertz CT molecular complexity index is 901. The molecule has 27 heavy (non-hydrogen) atoms. The summed E-state index contributed by atoms with van der Waals surface area (Å²) in [6, 6.07) is 17.1. The Labute approximate surface area is 160 Å². The van der Waals surface area contributed by atoms with E-state index in [1.807, 2.05) is 50.2 Å². The maximum atomic E-state index is 14.6. The predicted octanol–water partition coefficient (Wildman–Crippen LogP) is 6.99. The van der Waals surface area contributed by atoms with Crippen LogP contribution < -0.4 is 0 Å². The molecule has 0 heterocycles. The van der Waals surface area contributed by atoms with Crippen LogP contribution in [0.5, 0.6) is 0 Å². The van der Waals surface area contributed by atoms with Crippen molar-refractivity contribution in [1.29, 1.82) is 0 Å². The van der Waals surface area contributed by atoms with E-state index >= 15 is 0 Å². The third kappa shape index (κ3) is 4.63. The Kier molecular flexibility index (Phi) is 6.05. The van der Waals surface area contributed by atoms with Gasteiger partial charge in [-0.1, -0.05) is 61.4 Å². The summed E-state index contributed by atoms with van der Waals surface area (Å²) < 4.78 is 29.1. The zero-order valence-electron chi connectivity index (χ0n) is 16.3. The van der Waals surface area contributed by atoms with Crippen molar-refractivity contribution in [2.45, 2.75) is 46.5 Å².